The first-order chi connectivity index (χ1) is 15.9. The van der Waals surface area contributed by atoms with E-state index in [-0.39, 0.29) is 27.5 Å². The minimum atomic E-state index is -3.55. The van der Waals surface area contributed by atoms with Crippen LogP contribution in [0.25, 0.3) is 5.65 Å². The topological polar surface area (TPSA) is 152 Å². The second-order valence-electron chi connectivity index (χ2n) is 8.74. The van der Waals surface area contributed by atoms with Gasteiger partial charge in [-0.3, -0.25) is 0 Å². The summed E-state index contributed by atoms with van der Waals surface area (Å²) in [7, 11) is -4.16. The second kappa shape index (κ2) is 9.13. The molecular formula is C21H29N7O4S2. The zero-order valence-electron chi connectivity index (χ0n) is 19.3. The molecule has 4 N–H and O–H groups in total. The number of hydrogen-bond acceptors (Lipinski definition) is 9. The fourth-order valence-corrected chi connectivity index (χ4v) is 5.51. The highest BCUT2D eigenvalue weighted by Crippen LogP contribution is 2.27. The van der Waals surface area contributed by atoms with E-state index in [1.807, 2.05) is 0 Å². The van der Waals surface area contributed by atoms with E-state index in [0.29, 0.717) is 17.3 Å². The van der Waals surface area contributed by atoms with Gasteiger partial charge in [0.15, 0.2) is 15.5 Å². The van der Waals surface area contributed by atoms with Crippen LogP contribution in [0.15, 0.2) is 46.3 Å². The molecule has 0 aliphatic heterocycles. The molecule has 1 aromatic carbocycles. The van der Waals surface area contributed by atoms with Crippen LogP contribution in [0.1, 0.15) is 25.7 Å². The molecule has 0 saturated heterocycles. The molecule has 2 aromatic heterocycles. The van der Waals surface area contributed by atoms with Crippen LogP contribution in [-0.4, -0.2) is 68.2 Å². The first kappa shape index (κ1) is 24.4. The van der Waals surface area contributed by atoms with Crippen LogP contribution < -0.4 is 16.4 Å². The van der Waals surface area contributed by atoms with Gasteiger partial charge in [-0.2, -0.15) is 9.61 Å². The Kier molecular flexibility index (Phi) is 6.55. The van der Waals surface area contributed by atoms with E-state index in [4.69, 9.17) is 5.73 Å². The van der Waals surface area contributed by atoms with Gasteiger partial charge >= 0.3 is 0 Å². The highest BCUT2D eigenvalue weighted by atomic mass is 32.2. The third kappa shape index (κ3) is 5.02. The van der Waals surface area contributed by atoms with E-state index < -0.39 is 19.9 Å². The summed E-state index contributed by atoms with van der Waals surface area (Å²) >= 11 is 0. The number of rotatable bonds is 7. The molecule has 0 amide bonds. The minimum absolute atomic E-state index is 0.0253. The van der Waals surface area contributed by atoms with Crippen molar-refractivity contribution >= 4 is 42.8 Å². The Hall–Kier alpha value is -2.74. The van der Waals surface area contributed by atoms with Gasteiger partial charge in [-0.15, -0.1) is 0 Å². The van der Waals surface area contributed by atoms with Crippen molar-refractivity contribution in [2.45, 2.75) is 47.6 Å². The molecule has 0 unspecified atom stereocenters. The number of fused-ring (bicyclic) bond motifs is 1. The Morgan fingerprint density at radius 2 is 1.71 bits per heavy atom. The molecule has 4 rings (SSSR count). The molecule has 1 aliphatic rings. The average molecular weight is 508 g/mol. The number of anilines is 3. The number of nitrogens with two attached hydrogens (primary N) is 1. The third-order valence-corrected chi connectivity index (χ3v) is 8.78. The number of sulfone groups is 1. The lowest BCUT2D eigenvalue weighted by Crippen LogP contribution is -2.33. The second-order valence-corrected chi connectivity index (χ2v) is 12.9. The molecule has 1 saturated carbocycles. The van der Waals surface area contributed by atoms with Crippen LogP contribution in [0.4, 0.5) is 17.3 Å². The first-order valence-electron chi connectivity index (χ1n) is 10.9. The fourth-order valence-electron chi connectivity index (χ4n) is 3.91. The number of sulfonamides is 1. The van der Waals surface area contributed by atoms with Gasteiger partial charge in [0.25, 0.3) is 0 Å². The SMILES string of the molecule is CN(C)S(=O)(=O)c1ccc(Nc2cc(N[C@H]3CC[C@@H](N)CC3)nc3c(S(C)(=O)=O)cnn23)cc1. The standard InChI is InChI=1S/C21H29N7O4S2/c1-27(2)34(31,32)17-10-8-16(9-11-17)25-20-12-19(24-15-6-4-14(22)5-7-15)26-21-18(33(3,29)30)13-23-28(20)21/h8-15,25H,4-7,22H2,1-3H3,(H,24,26)/t14-,15+. The van der Waals surface area contributed by atoms with Crippen molar-refractivity contribution < 1.29 is 16.8 Å². The molecule has 0 radical (unpaired) electrons. The fraction of sp³-hybridized carbons (Fsp3) is 0.429. The molecule has 2 heterocycles. The lowest BCUT2D eigenvalue weighted by atomic mass is 9.92. The molecule has 11 nitrogen and oxygen atoms in total. The average Bonchev–Trinajstić information content (AvgIpc) is 3.20. The zero-order chi connectivity index (χ0) is 24.7. The maximum Gasteiger partial charge on any atom is 0.242 e. The van der Waals surface area contributed by atoms with Crippen LogP contribution in [0.2, 0.25) is 0 Å². The van der Waals surface area contributed by atoms with Crippen LogP contribution in [0.3, 0.4) is 0 Å². The lowest BCUT2D eigenvalue weighted by Gasteiger charge is -2.27. The van der Waals surface area contributed by atoms with Gasteiger partial charge in [-0.25, -0.2) is 26.1 Å². The normalized spacial score (nSPS) is 19.4. The highest BCUT2D eigenvalue weighted by molar-refractivity contribution is 7.91. The van der Waals surface area contributed by atoms with Gasteiger partial charge in [-0.05, 0) is 49.9 Å². The van der Waals surface area contributed by atoms with Crippen LogP contribution in [0.5, 0.6) is 0 Å². The van der Waals surface area contributed by atoms with Gasteiger partial charge in [0.2, 0.25) is 10.0 Å². The van der Waals surface area contributed by atoms with Gasteiger partial charge in [-0.1, -0.05) is 0 Å². The smallest absolute Gasteiger partial charge is 0.242 e. The summed E-state index contributed by atoms with van der Waals surface area (Å²) in [5.74, 6) is 1.01. The summed E-state index contributed by atoms with van der Waals surface area (Å²) in [5.41, 5.74) is 6.82. The summed E-state index contributed by atoms with van der Waals surface area (Å²) in [5, 5.41) is 10.8. The molecule has 0 bridgehead atoms. The lowest BCUT2D eigenvalue weighted by molar-refractivity contribution is 0.410. The minimum Gasteiger partial charge on any atom is -0.367 e. The predicted molar refractivity (Wildman–Crippen MR) is 131 cm³/mol. The van der Waals surface area contributed by atoms with Crippen LogP contribution in [0, 0.1) is 0 Å². The Labute approximate surface area is 199 Å². The van der Waals surface area contributed by atoms with Crippen LogP contribution in [-0.2, 0) is 19.9 Å². The monoisotopic (exact) mass is 507 g/mol. The number of benzene rings is 1. The van der Waals surface area contributed by atoms with Gasteiger partial charge in [0.1, 0.15) is 16.5 Å². The number of nitrogens with zero attached hydrogens (tertiary/aromatic N) is 4. The van der Waals surface area contributed by atoms with Gasteiger partial charge in [0, 0.05) is 44.2 Å². The summed E-state index contributed by atoms with van der Waals surface area (Å²) in [6, 6.07) is 8.43. The summed E-state index contributed by atoms with van der Waals surface area (Å²) in [4.78, 5) is 4.73. The summed E-state index contributed by atoms with van der Waals surface area (Å²) < 4.78 is 51.8. The van der Waals surface area contributed by atoms with Crippen molar-refractivity contribution in [3.8, 4) is 0 Å². The number of aromatic nitrogens is 3. The third-order valence-electron chi connectivity index (χ3n) is 5.87. The molecule has 184 valence electrons. The van der Waals surface area contributed by atoms with Crippen molar-refractivity contribution in [3.63, 3.8) is 0 Å². The molecule has 3 aromatic rings. The largest absolute Gasteiger partial charge is 0.367 e. The Balaban J connectivity index is 1.70. The van der Waals surface area contributed by atoms with Gasteiger partial charge < -0.3 is 16.4 Å². The van der Waals surface area contributed by atoms with Crippen LogP contribution >= 0.6 is 0 Å². The Morgan fingerprint density at radius 1 is 1.06 bits per heavy atom. The van der Waals surface area contributed by atoms with E-state index in [9.17, 15) is 16.8 Å². The molecule has 1 aliphatic carbocycles. The number of hydrogen-bond donors (Lipinski definition) is 3. The van der Waals surface area contributed by atoms with E-state index in [0.717, 1.165) is 36.2 Å². The van der Waals surface area contributed by atoms with Crippen molar-refractivity contribution in [1.82, 2.24) is 18.9 Å². The van der Waals surface area contributed by atoms with Gasteiger partial charge in [0.05, 0.1) is 11.1 Å². The van der Waals surface area contributed by atoms with E-state index in [2.05, 4.69) is 20.7 Å². The van der Waals surface area contributed by atoms with Crippen molar-refractivity contribution in [3.05, 3.63) is 36.5 Å². The molecule has 0 spiro atoms. The molecule has 13 heteroatoms. The van der Waals surface area contributed by atoms with Crippen molar-refractivity contribution in [2.75, 3.05) is 31.0 Å². The maximum absolute atomic E-state index is 12.3. The quantitative estimate of drug-likeness (QED) is 0.435. The van der Waals surface area contributed by atoms with E-state index >= 15 is 0 Å². The maximum atomic E-state index is 12.3. The highest BCUT2D eigenvalue weighted by Gasteiger charge is 2.22. The number of nitrogens with one attached hydrogen (secondary N) is 2. The molecule has 0 atom stereocenters. The van der Waals surface area contributed by atoms with E-state index in [1.54, 1.807) is 18.2 Å². The summed E-state index contributed by atoms with van der Waals surface area (Å²) in [6.45, 7) is 0. The predicted octanol–water partition coefficient (Wildman–Crippen LogP) is 1.81. The molecule has 1 fully saturated rings. The molecular weight excluding hydrogens is 478 g/mol. The van der Waals surface area contributed by atoms with E-state index in [1.165, 1.54) is 36.9 Å². The van der Waals surface area contributed by atoms with Crippen molar-refractivity contribution in [2.24, 2.45) is 5.73 Å². The first-order valence-corrected chi connectivity index (χ1v) is 14.2. The Morgan fingerprint density at radius 3 is 2.29 bits per heavy atom. The zero-order valence-corrected chi connectivity index (χ0v) is 20.9. The Bertz CT molecular complexity index is 1390. The summed E-state index contributed by atoms with van der Waals surface area (Å²) in [6.07, 6.45) is 6.01. The van der Waals surface area contributed by atoms with Crippen molar-refractivity contribution in [1.29, 1.82) is 0 Å². The molecule has 34 heavy (non-hydrogen) atoms.